The molecule has 3 N–H and O–H groups in total. The van der Waals surface area contributed by atoms with Crippen LogP contribution >= 0.6 is 11.8 Å². The second kappa shape index (κ2) is 9.57. The molecule has 2 heterocycles. The van der Waals surface area contributed by atoms with Crippen LogP contribution in [0.2, 0.25) is 0 Å². The van der Waals surface area contributed by atoms with Crippen LogP contribution in [0.3, 0.4) is 0 Å². The standard InChI is InChI=1S/C23H20N4O4S2/c1-31-17-7-8-19-20(15-4-3-9-25-13-15)12-23(27-21(19)11-17)32-14-22(28)26-16-5-2-6-18(10-16)33(24,29)30/h2-13H,14H2,1H3,(H,26,28)(H2,24,29,30). The highest BCUT2D eigenvalue weighted by Gasteiger charge is 2.13. The number of benzene rings is 2. The van der Waals surface area contributed by atoms with Gasteiger partial charge in [0.25, 0.3) is 0 Å². The Bertz CT molecular complexity index is 1430. The highest BCUT2D eigenvalue weighted by Crippen LogP contribution is 2.33. The Morgan fingerprint density at radius 2 is 1.97 bits per heavy atom. The van der Waals surface area contributed by atoms with E-state index < -0.39 is 10.0 Å². The number of sulfonamides is 1. The van der Waals surface area contributed by atoms with Gasteiger partial charge in [0.05, 0.1) is 28.3 Å². The second-order valence-corrected chi connectivity index (χ2v) is 9.60. The lowest BCUT2D eigenvalue weighted by molar-refractivity contribution is -0.113. The maximum atomic E-state index is 12.5. The Hall–Kier alpha value is -3.47. The average Bonchev–Trinajstić information content (AvgIpc) is 2.82. The number of aromatic nitrogens is 2. The molecule has 2 aromatic heterocycles. The molecule has 1 amide bonds. The number of fused-ring (bicyclic) bond motifs is 1. The molecule has 0 saturated carbocycles. The average molecular weight is 481 g/mol. The van der Waals surface area contributed by atoms with Gasteiger partial charge in [-0.1, -0.05) is 23.9 Å². The summed E-state index contributed by atoms with van der Waals surface area (Å²) >= 11 is 1.27. The number of hydrogen-bond donors (Lipinski definition) is 2. The van der Waals surface area contributed by atoms with Crippen molar-refractivity contribution in [2.45, 2.75) is 9.92 Å². The Balaban J connectivity index is 1.58. The molecule has 0 atom stereocenters. The number of rotatable bonds is 7. The molecule has 2 aromatic carbocycles. The van der Waals surface area contributed by atoms with Gasteiger partial charge in [0.1, 0.15) is 5.75 Å². The molecule has 168 valence electrons. The van der Waals surface area contributed by atoms with Gasteiger partial charge in [-0.05, 0) is 48.0 Å². The van der Waals surface area contributed by atoms with E-state index in [2.05, 4.69) is 15.3 Å². The molecular formula is C23H20N4O4S2. The van der Waals surface area contributed by atoms with Crippen LogP contribution in [0.25, 0.3) is 22.0 Å². The molecule has 0 aliphatic carbocycles. The first-order chi connectivity index (χ1) is 15.8. The number of nitrogens with two attached hydrogens (primary N) is 1. The fourth-order valence-corrected chi connectivity index (χ4v) is 4.51. The van der Waals surface area contributed by atoms with E-state index in [1.165, 1.54) is 30.0 Å². The number of nitrogens with zero attached hydrogens (tertiary/aromatic N) is 2. The fourth-order valence-electron chi connectivity index (χ4n) is 3.23. The Labute approximate surface area is 195 Å². The Morgan fingerprint density at radius 3 is 2.70 bits per heavy atom. The predicted molar refractivity (Wildman–Crippen MR) is 129 cm³/mol. The number of hydrogen-bond acceptors (Lipinski definition) is 7. The number of thioether (sulfide) groups is 1. The first kappa shape index (κ1) is 22.7. The van der Waals surface area contributed by atoms with Crippen LogP contribution < -0.4 is 15.2 Å². The minimum atomic E-state index is -3.86. The van der Waals surface area contributed by atoms with E-state index in [-0.39, 0.29) is 16.6 Å². The van der Waals surface area contributed by atoms with Crippen LogP contribution in [0.5, 0.6) is 5.75 Å². The molecular weight excluding hydrogens is 460 g/mol. The lowest BCUT2D eigenvalue weighted by Crippen LogP contribution is -2.16. The number of primary sulfonamides is 1. The van der Waals surface area contributed by atoms with Crippen molar-refractivity contribution in [2.24, 2.45) is 5.14 Å². The number of anilines is 1. The van der Waals surface area contributed by atoms with E-state index in [0.29, 0.717) is 16.5 Å². The SMILES string of the molecule is COc1ccc2c(-c3cccnc3)cc(SCC(=O)Nc3cccc(S(N)(=O)=O)c3)nc2c1. The second-order valence-electron chi connectivity index (χ2n) is 7.04. The van der Waals surface area contributed by atoms with Crippen LogP contribution in [0.4, 0.5) is 5.69 Å². The highest BCUT2D eigenvalue weighted by atomic mass is 32.2. The third-order valence-corrected chi connectivity index (χ3v) is 6.59. The third-order valence-electron chi connectivity index (χ3n) is 4.76. The third kappa shape index (κ3) is 5.48. The molecule has 0 aliphatic heterocycles. The van der Waals surface area contributed by atoms with E-state index in [1.54, 1.807) is 25.6 Å². The molecule has 0 unspecified atom stereocenters. The largest absolute Gasteiger partial charge is 0.497 e. The monoisotopic (exact) mass is 480 g/mol. The molecule has 0 saturated heterocycles. The van der Waals surface area contributed by atoms with E-state index in [4.69, 9.17) is 9.88 Å². The number of pyridine rings is 2. The van der Waals surface area contributed by atoms with E-state index in [1.807, 2.05) is 36.4 Å². The minimum Gasteiger partial charge on any atom is -0.497 e. The molecule has 0 aliphatic rings. The molecule has 10 heteroatoms. The molecule has 0 fully saturated rings. The van der Waals surface area contributed by atoms with Crippen LogP contribution in [-0.2, 0) is 14.8 Å². The van der Waals surface area contributed by atoms with Crippen molar-refractivity contribution in [3.8, 4) is 16.9 Å². The molecule has 4 rings (SSSR count). The molecule has 4 aromatic rings. The summed E-state index contributed by atoms with van der Waals surface area (Å²) in [7, 11) is -2.26. The lowest BCUT2D eigenvalue weighted by Gasteiger charge is -2.11. The first-order valence-corrected chi connectivity index (χ1v) is 12.3. The minimum absolute atomic E-state index is 0.0702. The fraction of sp³-hybridized carbons (Fsp3) is 0.0870. The van der Waals surface area contributed by atoms with Crippen LogP contribution in [0.15, 0.2) is 83.0 Å². The van der Waals surface area contributed by atoms with Crippen molar-refractivity contribution in [1.29, 1.82) is 0 Å². The normalized spacial score (nSPS) is 11.3. The van der Waals surface area contributed by atoms with Gasteiger partial charge in [0.2, 0.25) is 15.9 Å². The van der Waals surface area contributed by atoms with Gasteiger partial charge in [-0.3, -0.25) is 9.78 Å². The Morgan fingerprint density at radius 1 is 1.12 bits per heavy atom. The van der Waals surface area contributed by atoms with Gasteiger partial charge in [0.15, 0.2) is 0 Å². The van der Waals surface area contributed by atoms with Gasteiger partial charge in [-0.2, -0.15) is 0 Å². The van der Waals surface area contributed by atoms with E-state index in [0.717, 1.165) is 22.0 Å². The van der Waals surface area contributed by atoms with Crippen LogP contribution in [0.1, 0.15) is 0 Å². The number of amides is 1. The predicted octanol–water partition coefficient (Wildman–Crippen LogP) is 3.68. The Kier molecular flexibility index (Phi) is 6.59. The molecule has 0 bridgehead atoms. The van der Waals surface area contributed by atoms with Crippen LogP contribution in [0, 0.1) is 0 Å². The summed E-state index contributed by atoms with van der Waals surface area (Å²) in [5.41, 5.74) is 2.96. The summed E-state index contributed by atoms with van der Waals surface area (Å²) in [6.07, 6.45) is 3.49. The zero-order valence-electron chi connectivity index (χ0n) is 17.6. The van der Waals surface area contributed by atoms with Crippen LogP contribution in [-0.4, -0.2) is 37.2 Å². The quantitative estimate of drug-likeness (QED) is 0.387. The zero-order valence-corrected chi connectivity index (χ0v) is 19.2. The summed E-state index contributed by atoms with van der Waals surface area (Å²) < 4.78 is 28.4. The summed E-state index contributed by atoms with van der Waals surface area (Å²) in [4.78, 5) is 21.3. The maximum absolute atomic E-state index is 12.5. The topological polar surface area (TPSA) is 124 Å². The van der Waals surface area contributed by atoms with Gasteiger partial charge < -0.3 is 10.1 Å². The van der Waals surface area contributed by atoms with Gasteiger partial charge in [-0.25, -0.2) is 18.5 Å². The number of ether oxygens (including phenoxy) is 1. The van der Waals surface area contributed by atoms with Crippen molar-refractivity contribution in [3.63, 3.8) is 0 Å². The summed E-state index contributed by atoms with van der Waals surface area (Å²) in [6, 6.07) is 17.2. The molecule has 33 heavy (non-hydrogen) atoms. The molecule has 0 spiro atoms. The van der Waals surface area contributed by atoms with Crippen molar-refractivity contribution in [3.05, 3.63) is 73.1 Å². The number of nitrogens with one attached hydrogen (secondary N) is 1. The number of carbonyl (C=O) groups is 1. The van der Waals surface area contributed by atoms with Crippen molar-refractivity contribution in [1.82, 2.24) is 9.97 Å². The van der Waals surface area contributed by atoms with Crippen molar-refractivity contribution < 1.29 is 17.9 Å². The highest BCUT2D eigenvalue weighted by molar-refractivity contribution is 7.99. The molecule has 0 radical (unpaired) electrons. The van der Waals surface area contributed by atoms with Gasteiger partial charge >= 0.3 is 0 Å². The number of carbonyl (C=O) groups excluding carboxylic acids is 1. The van der Waals surface area contributed by atoms with Gasteiger partial charge in [-0.15, -0.1) is 0 Å². The van der Waals surface area contributed by atoms with Gasteiger partial charge in [0, 0.05) is 35.1 Å². The maximum Gasteiger partial charge on any atom is 0.238 e. The van der Waals surface area contributed by atoms with Crippen molar-refractivity contribution in [2.75, 3.05) is 18.2 Å². The summed E-state index contributed by atoms with van der Waals surface area (Å²) in [6.45, 7) is 0. The zero-order chi connectivity index (χ0) is 23.4. The van der Waals surface area contributed by atoms with Crippen molar-refractivity contribution >= 4 is 44.3 Å². The van der Waals surface area contributed by atoms with E-state index >= 15 is 0 Å². The smallest absolute Gasteiger partial charge is 0.238 e. The molecule has 8 nitrogen and oxygen atoms in total. The first-order valence-electron chi connectivity index (χ1n) is 9.78. The summed E-state index contributed by atoms with van der Waals surface area (Å²) in [5, 5.41) is 9.44. The van der Waals surface area contributed by atoms with E-state index in [9.17, 15) is 13.2 Å². The summed E-state index contributed by atoms with van der Waals surface area (Å²) in [5.74, 6) is 0.456. The lowest BCUT2D eigenvalue weighted by atomic mass is 10.0. The number of methoxy groups -OCH3 is 1.